The summed E-state index contributed by atoms with van der Waals surface area (Å²) in [5.41, 5.74) is 0.286. The molecule has 0 heterocycles. The van der Waals surface area contributed by atoms with Gasteiger partial charge in [-0.1, -0.05) is 90.2 Å². The third-order valence-electron chi connectivity index (χ3n) is 12.4. The van der Waals surface area contributed by atoms with Crippen molar-refractivity contribution in [3.05, 3.63) is 48.6 Å². The van der Waals surface area contributed by atoms with Crippen molar-refractivity contribution in [2.24, 2.45) is 40.9 Å². The first-order valence-electron chi connectivity index (χ1n) is 16.9. The Morgan fingerprint density at radius 1 is 0.548 bits per heavy atom. The van der Waals surface area contributed by atoms with Crippen molar-refractivity contribution in [1.29, 1.82) is 0 Å². The van der Waals surface area contributed by atoms with Crippen LogP contribution in [0.15, 0.2) is 48.6 Å². The van der Waals surface area contributed by atoms with Gasteiger partial charge in [0.2, 0.25) is 0 Å². The normalized spacial score (nSPS) is 28.0. The molecule has 4 aliphatic carbocycles. The second kappa shape index (κ2) is 18.8. The van der Waals surface area contributed by atoms with Crippen molar-refractivity contribution < 1.29 is 59.9 Å². The van der Waals surface area contributed by atoms with E-state index in [9.17, 15) is 0 Å². The van der Waals surface area contributed by atoms with Gasteiger partial charge in [-0.2, -0.15) is 0 Å². The molecule has 42 heavy (non-hydrogen) atoms. The van der Waals surface area contributed by atoms with Crippen LogP contribution in [0.2, 0.25) is 36.3 Å². The van der Waals surface area contributed by atoms with E-state index >= 15 is 0 Å². The zero-order valence-electron chi connectivity index (χ0n) is 27.6. The molecule has 0 saturated heterocycles. The molecule has 6 atom stereocenters. The molecule has 2 fully saturated rings. The van der Waals surface area contributed by atoms with Crippen LogP contribution in [-0.4, -0.2) is 29.8 Å². The zero-order chi connectivity index (χ0) is 27.9. The Hall–Kier alpha value is 0.777. The molecule has 0 amide bonds. The van der Waals surface area contributed by atoms with Crippen molar-refractivity contribution in [3.8, 4) is 0 Å². The number of rotatable bonds is 16. The summed E-state index contributed by atoms with van der Waals surface area (Å²) in [5.74, 6) is 4.31. The molecule has 238 valence electrons. The quantitative estimate of drug-likeness (QED) is 0.220. The van der Waals surface area contributed by atoms with E-state index in [1.165, 1.54) is 74.8 Å². The standard InChI is InChI=1S/C35H60O2Si2.2ClH.Zr/c1-7-38(8-2,9-3)36-27-25-35(26-28-37-39(10-4,11-5)12-6,33-23-21-29-17-13-15-19-31(29)33)34-24-22-30-18-14-16-20-32(30)34;;;/h13-20,29-34H,7-12,21-28H2,1-6H3;2*1H;/q;;;+2/p-2. The fourth-order valence-electron chi connectivity index (χ4n) is 9.42. The van der Waals surface area contributed by atoms with Crippen LogP contribution in [0.4, 0.5) is 0 Å². The number of hydrogen-bond donors (Lipinski definition) is 0. The van der Waals surface area contributed by atoms with Gasteiger partial charge >= 0.3 is 26.2 Å². The van der Waals surface area contributed by atoms with Gasteiger partial charge in [-0.3, -0.25) is 0 Å². The largest absolute Gasteiger partial charge is 2.00 e. The first kappa shape index (κ1) is 40.8. The molecule has 0 aromatic heterocycles. The Bertz CT molecular complexity index is 811. The summed E-state index contributed by atoms with van der Waals surface area (Å²) >= 11 is 0. The second-order valence-corrected chi connectivity index (χ2v) is 22.9. The Morgan fingerprint density at radius 2 is 0.881 bits per heavy atom. The molecule has 0 radical (unpaired) electrons. The van der Waals surface area contributed by atoms with Gasteiger partial charge in [0, 0.05) is 13.2 Å². The first-order chi connectivity index (χ1) is 19.0. The van der Waals surface area contributed by atoms with Crippen molar-refractivity contribution in [3.63, 3.8) is 0 Å². The Morgan fingerprint density at radius 3 is 1.21 bits per heavy atom. The summed E-state index contributed by atoms with van der Waals surface area (Å²) in [6.07, 6.45) is 27.4. The van der Waals surface area contributed by atoms with Crippen LogP contribution >= 0.6 is 0 Å². The average molecular weight is 731 g/mol. The van der Waals surface area contributed by atoms with Crippen molar-refractivity contribution in [1.82, 2.24) is 0 Å². The van der Waals surface area contributed by atoms with Gasteiger partial charge in [0.15, 0.2) is 16.6 Å². The van der Waals surface area contributed by atoms with Crippen LogP contribution in [0.3, 0.4) is 0 Å². The summed E-state index contributed by atoms with van der Waals surface area (Å²) in [5, 5.41) is 0. The van der Waals surface area contributed by atoms with E-state index in [0.29, 0.717) is 11.8 Å². The van der Waals surface area contributed by atoms with Crippen LogP contribution in [0.5, 0.6) is 0 Å². The van der Waals surface area contributed by atoms with Crippen LogP contribution < -0.4 is 24.8 Å². The van der Waals surface area contributed by atoms with Gasteiger partial charge < -0.3 is 33.7 Å². The van der Waals surface area contributed by atoms with Gasteiger partial charge in [-0.15, -0.1) is 0 Å². The summed E-state index contributed by atoms with van der Waals surface area (Å²) in [4.78, 5) is 0. The SMILES string of the molecule is CC[Si](CC)(CC)OCCC(CCO[Si](CC)(CC)CC)(C1CCC2C=CC=CC21)C1CCC2C=CC=CC21.[Cl-].[Cl-].[Zr+2]. The van der Waals surface area contributed by atoms with Crippen LogP contribution in [0.25, 0.3) is 0 Å². The fraction of sp³-hybridized carbons (Fsp3) is 0.771. The van der Waals surface area contributed by atoms with E-state index in [1.54, 1.807) is 0 Å². The van der Waals surface area contributed by atoms with E-state index in [0.717, 1.165) is 36.9 Å². The van der Waals surface area contributed by atoms with E-state index in [4.69, 9.17) is 8.85 Å². The molecule has 2 nitrogen and oxygen atoms in total. The zero-order valence-corrected chi connectivity index (χ0v) is 33.5. The van der Waals surface area contributed by atoms with Crippen LogP contribution in [0.1, 0.15) is 80.1 Å². The molecule has 7 heteroatoms. The molecular weight excluding hydrogens is 671 g/mol. The van der Waals surface area contributed by atoms with Crippen molar-refractivity contribution in [2.45, 2.75) is 116 Å². The fourth-order valence-corrected chi connectivity index (χ4v) is 14.7. The molecule has 0 spiro atoms. The third-order valence-corrected chi connectivity index (χ3v) is 21.8. The smallest absolute Gasteiger partial charge is 1.00 e. The number of halogens is 2. The first-order valence-corrected chi connectivity index (χ1v) is 22.0. The number of hydrogen-bond acceptors (Lipinski definition) is 2. The maximum Gasteiger partial charge on any atom is 2.00 e. The molecule has 4 aliphatic rings. The molecule has 4 rings (SSSR count). The topological polar surface area (TPSA) is 18.5 Å². The minimum absolute atomic E-state index is 0. The Kier molecular flexibility index (Phi) is 18.3. The van der Waals surface area contributed by atoms with Crippen LogP contribution in [-0.2, 0) is 35.1 Å². The molecule has 0 N–H and O–H groups in total. The van der Waals surface area contributed by atoms with Gasteiger partial charge in [0.1, 0.15) is 0 Å². The predicted octanol–water partition coefficient (Wildman–Crippen LogP) is 4.34. The molecule has 6 unspecified atom stereocenters. The monoisotopic (exact) mass is 728 g/mol. The van der Waals surface area contributed by atoms with E-state index in [1.807, 2.05) is 0 Å². The molecule has 0 bridgehead atoms. The summed E-state index contributed by atoms with van der Waals surface area (Å²) in [6.45, 7) is 16.2. The molecule has 0 aromatic carbocycles. The molecule has 0 aromatic rings. The third kappa shape index (κ3) is 8.57. The van der Waals surface area contributed by atoms with Crippen molar-refractivity contribution in [2.75, 3.05) is 13.2 Å². The summed E-state index contributed by atoms with van der Waals surface area (Å²) in [6, 6.07) is 7.48. The van der Waals surface area contributed by atoms with Gasteiger partial charge in [0.05, 0.1) is 0 Å². The summed E-state index contributed by atoms with van der Waals surface area (Å²) in [7, 11) is -3.24. The number of fused-ring (bicyclic) bond motifs is 2. The maximum atomic E-state index is 7.08. The molecular formula is C35H60Cl2O2Si2Zr. The van der Waals surface area contributed by atoms with Gasteiger partial charge in [0.25, 0.3) is 0 Å². The summed E-state index contributed by atoms with van der Waals surface area (Å²) < 4.78 is 14.2. The molecule has 0 aliphatic heterocycles. The molecule has 2 saturated carbocycles. The minimum atomic E-state index is -1.62. The minimum Gasteiger partial charge on any atom is -1.00 e. The second-order valence-electron chi connectivity index (χ2n) is 13.3. The van der Waals surface area contributed by atoms with Crippen molar-refractivity contribution >= 4 is 16.6 Å². The van der Waals surface area contributed by atoms with Gasteiger partial charge in [-0.05, 0) is 116 Å². The average Bonchev–Trinajstić information content (AvgIpc) is 3.63. The van der Waals surface area contributed by atoms with E-state index in [2.05, 4.69) is 90.2 Å². The predicted molar refractivity (Wildman–Crippen MR) is 174 cm³/mol. The van der Waals surface area contributed by atoms with E-state index < -0.39 is 16.6 Å². The Balaban J connectivity index is 0.00000294. The van der Waals surface area contributed by atoms with Crippen LogP contribution in [0, 0.1) is 40.9 Å². The maximum absolute atomic E-state index is 7.08. The Labute approximate surface area is 293 Å². The van der Waals surface area contributed by atoms with Gasteiger partial charge in [-0.25, -0.2) is 0 Å². The number of allylic oxidation sites excluding steroid dienone is 8. The van der Waals surface area contributed by atoms with E-state index in [-0.39, 0.29) is 56.4 Å².